The summed E-state index contributed by atoms with van der Waals surface area (Å²) in [6.45, 7) is 10.8. The molecule has 0 saturated heterocycles. The van der Waals surface area contributed by atoms with Gasteiger partial charge in [0.25, 0.3) is 0 Å². The second kappa shape index (κ2) is 6.59. The van der Waals surface area contributed by atoms with Crippen molar-refractivity contribution >= 4 is 17.3 Å². The van der Waals surface area contributed by atoms with E-state index in [0.717, 1.165) is 23.8 Å². The van der Waals surface area contributed by atoms with Crippen LogP contribution in [-0.2, 0) is 6.54 Å². The van der Waals surface area contributed by atoms with Crippen molar-refractivity contribution in [2.75, 3.05) is 13.1 Å². The number of hydrogen-bond acceptors (Lipinski definition) is 3. The first-order valence-electron chi connectivity index (χ1n) is 6.07. The van der Waals surface area contributed by atoms with Crippen molar-refractivity contribution in [3.05, 3.63) is 16.1 Å². The zero-order chi connectivity index (χ0) is 12.8. The third-order valence-corrected chi connectivity index (χ3v) is 3.75. The Morgan fingerprint density at radius 3 is 2.59 bits per heavy atom. The molecule has 0 amide bonds. The molecule has 1 aromatic heterocycles. The second-order valence-electron chi connectivity index (χ2n) is 4.18. The SMILES string of the molecule is CCN(CC)C(N)=NCc1csc(C(C)C)n1. The van der Waals surface area contributed by atoms with Gasteiger partial charge >= 0.3 is 0 Å². The lowest BCUT2D eigenvalue weighted by molar-refractivity contribution is 0.458. The summed E-state index contributed by atoms with van der Waals surface area (Å²) in [4.78, 5) is 10.9. The quantitative estimate of drug-likeness (QED) is 0.648. The van der Waals surface area contributed by atoms with E-state index < -0.39 is 0 Å². The van der Waals surface area contributed by atoms with Crippen LogP contribution in [0.2, 0.25) is 0 Å². The lowest BCUT2D eigenvalue weighted by atomic mass is 10.2. The van der Waals surface area contributed by atoms with E-state index in [4.69, 9.17) is 5.73 Å². The van der Waals surface area contributed by atoms with Crippen LogP contribution < -0.4 is 5.73 Å². The van der Waals surface area contributed by atoms with Crippen molar-refractivity contribution in [2.45, 2.75) is 40.2 Å². The number of aliphatic imine (C=N–C) groups is 1. The Bertz CT molecular complexity index is 366. The molecule has 0 aliphatic heterocycles. The third kappa shape index (κ3) is 4.00. The molecule has 0 aliphatic carbocycles. The predicted molar refractivity (Wildman–Crippen MR) is 74.5 cm³/mol. The molecule has 0 radical (unpaired) electrons. The van der Waals surface area contributed by atoms with Crippen molar-refractivity contribution < 1.29 is 0 Å². The molecule has 17 heavy (non-hydrogen) atoms. The minimum Gasteiger partial charge on any atom is -0.370 e. The van der Waals surface area contributed by atoms with Gasteiger partial charge in [-0.05, 0) is 13.8 Å². The number of aromatic nitrogens is 1. The molecule has 0 bridgehead atoms. The van der Waals surface area contributed by atoms with E-state index in [9.17, 15) is 0 Å². The average Bonchev–Trinajstić information content (AvgIpc) is 2.76. The van der Waals surface area contributed by atoms with Crippen molar-refractivity contribution in [3.63, 3.8) is 0 Å². The van der Waals surface area contributed by atoms with Crippen LogP contribution in [0.3, 0.4) is 0 Å². The van der Waals surface area contributed by atoms with Gasteiger partial charge in [0.2, 0.25) is 0 Å². The Labute approximate surface area is 108 Å². The van der Waals surface area contributed by atoms with E-state index in [1.165, 1.54) is 0 Å². The molecule has 0 unspecified atom stereocenters. The van der Waals surface area contributed by atoms with Crippen LogP contribution in [0.25, 0.3) is 0 Å². The Morgan fingerprint density at radius 2 is 2.12 bits per heavy atom. The van der Waals surface area contributed by atoms with Gasteiger partial charge in [0.1, 0.15) is 0 Å². The van der Waals surface area contributed by atoms with Crippen molar-refractivity contribution in [3.8, 4) is 0 Å². The Hall–Kier alpha value is -1.10. The van der Waals surface area contributed by atoms with Crippen LogP contribution >= 0.6 is 11.3 Å². The fraction of sp³-hybridized carbons (Fsp3) is 0.667. The average molecular weight is 254 g/mol. The molecule has 1 heterocycles. The molecule has 1 rings (SSSR count). The number of rotatable bonds is 5. The summed E-state index contributed by atoms with van der Waals surface area (Å²) in [5.74, 6) is 1.09. The van der Waals surface area contributed by atoms with Gasteiger partial charge in [-0.15, -0.1) is 11.3 Å². The molecule has 0 atom stereocenters. The van der Waals surface area contributed by atoms with Crippen LogP contribution in [0.4, 0.5) is 0 Å². The summed E-state index contributed by atoms with van der Waals surface area (Å²) >= 11 is 1.69. The van der Waals surface area contributed by atoms with Gasteiger partial charge in [-0.25, -0.2) is 9.98 Å². The van der Waals surface area contributed by atoms with Crippen molar-refractivity contribution in [1.82, 2.24) is 9.88 Å². The number of nitrogens with two attached hydrogens (primary N) is 1. The van der Waals surface area contributed by atoms with Crippen molar-refractivity contribution in [2.24, 2.45) is 10.7 Å². The summed E-state index contributed by atoms with van der Waals surface area (Å²) < 4.78 is 0. The highest BCUT2D eigenvalue weighted by molar-refractivity contribution is 7.09. The number of nitrogens with zero attached hydrogens (tertiary/aromatic N) is 3. The molecule has 1 aromatic rings. The minimum absolute atomic E-state index is 0.484. The molecule has 2 N–H and O–H groups in total. The van der Waals surface area contributed by atoms with Crippen LogP contribution in [-0.4, -0.2) is 28.9 Å². The summed E-state index contributed by atoms with van der Waals surface area (Å²) in [5.41, 5.74) is 6.91. The zero-order valence-corrected chi connectivity index (χ0v) is 11.9. The monoisotopic (exact) mass is 254 g/mol. The highest BCUT2D eigenvalue weighted by Gasteiger charge is 2.06. The molecule has 0 aliphatic rings. The number of hydrogen-bond donors (Lipinski definition) is 1. The lowest BCUT2D eigenvalue weighted by Crippen LogP contribution is -2.37. The predicted octanol–water partition coefficient (Wildman–Crippen LogP) is 2.42. The summed E-state index contributed by atoms with van der Waals surface area (Å²) in [7, 11) is 0. The van der Waals surface area contributed by atoms with E-state index in [1.807, 2.05) is 4.90 Å². The largest absolute Gasteiger partial charge is 0.370 e. The third-order valence-electron chi connectivity index (χ3n) is 2.55. The highest BCUT2D eigenvalue weighted by Crippen LogP contribution is 2.19. The van der Waals surface area contributed by atoms with Gasteiger partial charge in [-0.1, -0.05) is 13.8 Å². The van der Waals surface area contributed by atoms with Crippen molar-refractivity contribution in [1.29, 1.82) is 0 Å². The molecule has 0 spiro atoms. The molecule has 4 nitrogen and oxygen atoms in total. The second-order valence-corrected chi connectivity index (χ2v) is 5.07. The molecule has 5 heteroatoms. The van der Waals surface area contributed by atoms with Gasteiger partial charge in [0, 0.05) is 24.4 Å². The molecule has 96 valence electrons. The fourth-order valence-corrected chi connectivity index (χ4v) is 2.30. The maximum absolute atomic E-state index is 5.90. The molecule has 0 saturated carbocycles. The van der Waals surface area contributed by atoms with Crippen LogP contribution in [0.15, 0.2) is 10.4 Å². The van der Waals surface area contributed by atoms with Gasteiger partial charge < -0.3 is 10.6 Å². The maximum atomic E-state index is 5.90. The lowest BCUT2D eigenvalue weighted by Gasteiger charge is -2.19. The minimum atomic E-state index is 0.484. The van der Waals surface area contributed by atoms with Crippen LogP contribution in [0.1, 0.15) is 44.3 Å². The Balaban J connectivity index is 2.62. The van der Waals surface area contributed by atoms with Gasteiger partial charge in [-0.2, -0.15) is 0 Å². The van der Waals surface area contributed by atoms with Crippen LogP contribution in [0.5, 0.6) is 0 Å². The number of thiazole rings is 1. The first-order valence-corrected chi connectivity index (χ1v) is 6.95. The number of guanidine groups is 1. The van der Waals surface area contributed by atoms with E-state index >= 15 is 0 Å². The molecule has 0 aromatic carbocycles. The summed E-state index contributed by atoms with van der Waals surface area (Å²) in [6, 6.07) is 0. The molecule has 0 fully saturated rings. The first kappa shape index (κ1) is 14.0. The Morgan fingerprint density at radius 1 is 1.47 bits per heavy atom. The highest BCUT2D eigenvalue weighted by atomic mass is 32.1. The normalized spacial score (nSPS) is 12.2. The zero-order valence-electron chi connectivity index (χ0n) is 11.1. The maximum Gasteiger partial charge on any atom is 0.191 e. The van der Waals surface area contributed by atoms with Gasteiger partial charge in [0.15, 0.2) is 5.96 Å². The van der Waals surface area contributed by atoms with E-state index in [-0.39, 0.29) is 0 Å². The van der Waals surface area contributed by atoms with E-state index in [0.29, 0.717) is 18.4 Å². The molecular formula is C12H22N4S. The van der Waals surface area contributed by atoms with E-state index in [1.54, 1.807) is 11.3 Å². The van der Waals surface area contributed by atoms with E-state index in [2.05, 4.69) is 43.1 Å². The summed E-state index contributed by atoms with van der Waals surface area (Å²) in [6.07, 6.45) is 0. The smallest absolute Gasteiger partial charge is 0.191 e. The standard InChI is InChI=1S/C12H22N4S/c1-5-16(6-2)12(13)14-7-10-8-17-11(15-10)9(3)4/h8-9H,5-7H2,1-4H3,(H2,13,14). The van der Waals surface area contributed by atoms with Gasteiger partial charge in [0.05, 0.1) is 17.2 Å². The fourth-order valence-electron chi connectivity index (χ4n) is 1.47. The van der Waals surface area contributed by atoms with Crippen LogP contribution in [0, 0.1) is 0 Å². The molecular weight excluding hydrogens is 232 g/mol. The Kier molecular flexibility index (Phi) is 5.41. The van der Waals surface area contributed by atoms with Gasteiger partial charge in [-0.3, -0.25) is 0 Å². The first-order chi connectivity index (χ1) is 8.08. The topological polar surface area (TPSA) is 54.5 Å². The summed E-state index contributed by atoms with van der Waals surface area (Å²) in [5, 5.41) is 3.23.